The average Bonchev–Trinajstić information content (AvgIpc) is 2.46. The first-order chi connectivity index (χ1) is 9.75. The Morgan fingerprint density at radius 3 is 2.75 bits per heavy atom. The summed E-state index contributed by atoms with van der Waals surface area (Å²) in [7, 11) is 0. The lowest BCUT2D eigenvalue weighted by molar-refractivity contribution is 0.566. The molecule has 1 N–H and O–H groups in total. The minimum absolute atomic E-state index is 0.449. The topological polar surface area (TPSA) is 50.7 Å². The van der Waals surface area contributed by atoms with E-state index in [-0.39, 0.29) is 0 Å². The highest BCUT2D eigenvalue weighted by Crippen LogP contribution is 2.37. The monoisotopic (exact) mass is 266 g/mol. The minimum Gasteiger partial charge on any atom is -0.362 e. The predicted molar refractivity (Wildman–Crippen MR) is 80.2 cm³/mol. The molecule has 2 atom stereocenters. The molecule has 1 aliphatic heterocycles. The quantitative estimate of drug-likeness (QED) is 0.856. The number of rotatable bonds is 1. The number of allylic oxidation sites excluding steroid dienone is 1. The third kappa shape index (κ3) is 2.41. The van der Waals surface area contributed by atoms with Crippen LogP contribution in [0.1, 0.15) is 31.7 Å². The van der Waals surface area contributed by atoms with Crippen molar-refractivity contribution in [3.8, 4) is 11.4 Å². The molecule has 2 aromatic rings. The van der Waals surface area contributed by atoms with Crippen LogP contribution in [0.25, 0.3) is 11.4 Å². The molecule has 0 fully saturated rings. The van der Waals surface area contributed by atoms with Crippen LogP contribution < -0.4 is 5.32 Å². The lowest BCUT2D eigenvalue weighted by Gasteiger charge is -2.23. The highest BCUT2D eigenvalue weighted by Gasteiger charge is 2.20. The maximum atomic E-state index is 4.30. The van der Waals surface area contributed by atoms with Crippen molar-refractivity contribution in [3.05, 3.63) is 48.7 Å². The summed E-state index contributed by atoms with van der Waals surface area (Å²) in [5, 5.41) is 3.38. The summed E-state index contributed by atoms with van der Waals surface area (Å²) in [5.74, 6) is 1.74. The molecule has 0 bridgehead atoms. The van der Waals surface area contributed by atoms with Gasteiger partial charge in [0.1, 0.15) is 12.7 Å². The van der Waals surface area contributed by atoms with Gasteiger partial charge >= 0.3 is 0 Å². The van der Waals surface area contributed by atoms with E-state index >= 15 is 0 Å². The SMILES string of the molecule is CC1/C=C\Nc2cccc(-c3ncncn3)c2C(C)C1. The van der Waals surface area contributed by atoms with Crippen LogP contribution in [0.3, 0.4) is 0 Å². The molecule has 1 aromatic heterocycles. The number of benzene rings is 1. The van der Waals surface area contributed by atoms with Crippen LogP contribution in [-0.2, 0) is 0 Å². The first kappa shape index (κ1) is 12.8. The van der Waals surface area contributed by atoms with Crippen LogP contribution >= 0.6 is 0 Å². The molecule has 2 heterocycles. The second-order valence-electron chi connectivity index (χ2n) is 5.35. The maximum absolute atomic E-state index is 4.30. The average molecular weight is 266 g/mol. The Labute approximate surface area is 119 Å². The fourth-order valence-corrected chi connectivity index (χ4v) is 2.85. The second kappa shape index (κ2) is 5.41. The summed E-state index contributed by atoms with van der Waals surface area (Å²) in [5.41, 5.74) is 3.51. The summed E-state index contributed by atoms with van der Waals surface area (Å²) in [6.07, 6.45) is 8.46. The molecule has 102 valence electrons. The first-order valence-electron chi connectivity index (χ1n) is 6.94. The van der Waals surface area contributed by atoms with Crippen molar-refractivity contribution in [1.82, 2.24) is 15.0 Å². The van der Waals surface area contributed by atoms with Gasteiger partial charge < -0.3 is 5.32 Å². The van der Waals surface area contributed by atoms with Gasteiger partial charge in [0.25, 0.3) is 0 Å². The van der Waals surface area contributed by atoms with Crippen molar-refractivity contribution >= 4 is 5.69 Å². The van der Waals surface area contributed by atoms with Gasteiger partial charge in [-0.25, -0.2) is 15.0 Å². The number of anilines is 1. The predicted octanol–water partition coefficient (Wildman–Crippen LogP) is 3.61. The summed E-state index contributed by atoms with van der Waals surface area (Å²) < 4.78 is 0. The maximum Gasteiger partial charge on any atom is 0.163 e. The van der Waals surface area contributed by atoms with E-state index in [1.165, 1.54) is 5.56 Å². The third-order valence-corrected chi connectivity index (χ3v) is 3.72. The molecule has 0 amide bonds. The molecule has 1 aromatic carbocycles. The standard InChI is InChI=1S/C16H18N4/c1-11-6-7-18-14-5-3-4-13(15(14)12(2)8-11)16-19-9-17-10-20-16/h3-7,9-12,18H,8H2,1-2H3/b7-6-. The molecular weight excluding hydrogens is 248 g/mol. The molecule has 4 heteroatoms. The normalized spacial score (nSPS) is 23.1. The van der Waals surface area contributed by atoms with Crippen LogP contribution in [0.4, 0.5) is 5.69 Å². The van der Waals surface area contributed by atoms with Crippen molar-refractivity contribution in [2.24, 2.45) is 5.92 Å². The number of fused-ring (bicyclic) bond motifs is 1. The summed E-state index contributed by atoms with van der Waals surface area (Å²) >= 11 is 0. The van der Waals surface area contributed by atoms with Gasteiger partial charge in [-0.3, -0.25) is 0 Å². The van der Waals surface area contributed by atoms with Crippen molar-refractivity contribution in [1.29, 1.82) is 0 Å². The zero-order chi connectivity index (χ0) is 13.9. The largest absolute Gasteiger partial charge is 0.362 e. The van der Waals surface area contributed by atoms with Crippen LogP contribution in [-0.4, -0.2) is 15.0 Å². The van der Waals surface area contributed by atoms with Crippen molar-refractivity contribution in [2.45, 2.75) is 26.2 Å². The fraction of sp³-hybridized carbons (Fsp3) is 0.312. The molecule has 0 saturated carbocycles. The molecule has 0 saturated heterocycles. The van der Waals surface area contributed by atoms with Gasteiger partial charge in [-0.1, -0.05) is 32.1 Å². The van der Waals surface area contributed by atoms with Crippen molar-refractivity contribution in [3.63, 3.8) is 0 Å². The number of hydrogen-bond donors (Lipinski definition) is 1. The molecule has 1 aliphatic rings. The van der Waals surface area contributed by atoms with E-state index in [2.05, 4.69) is 52.3 Å². The Morgan fingerprint density at radius 2 is 1.95 bits per heavy atom. The molecule has 2 unspecified atom stereocenters. The smallest absolute Gasteiger partial charge is 0.163 e. The lowest BCUT2D eigenvalue weighted by atomic mass is 9.86. The Hall–Kier alpha value is -2.23. The first-order valence-corrected chi connectivity index (χ1v) is 6.94. The minimum atomic E-state index is 0.449. The Balaban J connectivity index is 2.14. The summed E-state index contributed by atoms with van der Waals surface area (Å²) in [6.45, 7) is 4.51. The Morgan fingerprint density at radius 1 is 1.15 bits per heavy atom. The van der Waals surface area contributed by atoms with Crippen LogP contribution in [0.5, 0.6) is 0 Å². The third-order valence-electron chi connectivity index (χ3n) is 3.72. The Kier molecular flexibility index (Phi) is 3.46. The number of hydrogen-bond acceptors (Lipinski definition) is 4. The molecule has 20 heavy (non-hydrogen) atoms. The number of nitrogens with zero attached hydrogens (tertiary/aromatic N) is 3. The van der Waals surface area contributed by atoms with Crippen LogP contribution in [0.15, 0.2) is 43.1 Å². The van der Waals surface area contributed by atoms with E-state index in [9.17, 15) is 0 Å². The van der Waals surface area contributed by atoms with E-state index in [4.69, 9.17) is 0 Å². The van der Waals surface area contributed by atoms with E-state index in [1.54, 1.807) is 12.7 Å². The fourth-order valence-electron chi connectivity index (χ4n) is 2.85. The van der Waals surface area contributed by atoms with E-state index in [0.29, 0.717) is 11.8 Å². The zero-order valence-electron chi connectivity index (χ0n) is 11.7. The molecule has 0 aliphatic carbocycles. The zero-order valence-corrected chi connectivity index (χ0v) is 11.7. The van der Waals surface area contributed by atoms with Gasteiger partial charge in [0.15, 0.2) is 5.82 Å². The molecule has 4 nitrogen and oxygen atoms in total. The van der Waals surface area contributed by atoms with E-state index in [1.807, 2.05) is 12.3 Å². The Bertz CT molecular complexity index is 622. The van der Waals surface area contributed by atoms with Crippen LogP contribution in [0, 0.1) is 5.92 Å². The highest BCUT2D eigenvalue weighted by molar-refractivity contribution is 5.71. The molecular formula is C16H18N4. The van der Waals surface area contributed by atoms with E-state index < -0.39 is 0 Å². The van der Waals surface area contributed by atoms with Crippen LogP contribution in [0.2, 0.25) is 0 Å². The van der Waals surface area contributed by atoms with Crippen molar-refractivity contribution < 1.29 is 0 Å². The number of aromatic nitrogens is 3. The summed E-state index contributed by atoms with van der Waals surface area (Å²) in [6, 6.07) is 6.23. The van der Waals surface area contributed by atoms with Gasteiger partial charge in [0, 0.05) is 11.3 Å². The molecule has 0 spiro atoms. The number of nitrogens with one attached hydrogen (secondary N) is 1. The summed E-state index contributed by atoms with van der Waals surface area (Å²) in [4.78, 5) is 12.5. The van der Waals surface area contributed by atoms with Gasteiger partial charge in [-0.15, -0.1) is 0 Å². The molecule has 0 radical (unpaired) electrons. The van der Waals surface area contributed by atoms with E-state index in [0.717, 1.165) is 23.5 Å². The highest BCUT2D eigenvalue weighted by atomic mass is 15.0. The van der Waals surface area contributed by atoms with Gasteiger partial charge in [-0.2, -0.15) is 0 Å². The van der Waals surface area contributed by atoms with Crippen molar-refractivity contribution in [2.75, 3.05) is 5.32 Å². The molecule has 3 rings (SSSR count). The van der Waals surface area contributed by atoms with Gasteiger partial charge in [0.2, 0.25) is 0 Å². The lowest BCUT2D eigenvalue weighted by Crippen LogP contribution is -2.09. The van der Waals surface area contributed by atoms with Gasteiger partial charge in [0.05, 0.1) is 0 Å². The second-order valence-corrected chi connectivity index (χ2v) is 5.35. The van der Waals surface area contributed by atoms with Gasteiger partial charge in [-0.05, 0) is 36.1 Å².